The molecule has 1 aromatic rings. The fourth-order valence-corrected chi connectivity index (χ4v) is 2.90. The van der Waals surface area contributed by atoms with Gasteiger partial charge in [-0.05, 0) is 30.7 Å². The first-order valence-electron chi connectivity index (χ1n) is 6.66. The molecule has 1 aromatic carbocycles. The van der Waals surface area contributed by atoms with Crippen molar-refractivity contribution < 1.29 is 17.6 Å². The number of rotatable bonds is 6. The highest BCUT2D eigenvalue weighted by Crippen LogP contribution is 2.07. The van der Waals surface area contributed by atoms with E-state index >= 15 is 0 Å². The molecule has 0 N–H and O–H groups in total. The molecule has 0 fully saturated rings. The van der Waals surface area contributed by atoms with Gasteiger partial charge in [0.25, 0.3) is 0 Å². The summed E-state index contributed by atoms with van der Waals surface area (Å²) in [5, 5.41) is 0. The summed E-state index contributed by atoms with van der Waals surface area (Å²) in [6.45, 7) is 3.26. The first kappa shape index (κ1) is 17.4. The molecule has 0 spiro atoms. The van der Waals surface area contributed by atoms with E-state index in [-0.39, 0.29) is 23.2 Å². The number of carbonyl (C=O) groups is 1. The van der Waals surface area contributed by atoms with E-state index in [2.05, 4.69) is 0 Å². The zero-order valence-electron chi connectivity index (χ0n) is 12.4. The molecule has 0 aromatic heterocycles. The third-order valence-electron chi connectivity index (χ3n) is 3.21. The van der Waals surface area contributed by atoms with Crippen LogP contribution in [0.15, 0.2) is 30.3 Å². The van der Waals surface area contributed by atoms with Crippen molar-refractivity contribution in [1.29, 1.82) is 0 Å². The van der Waals surface area contributed by atoms with Gasteiger partial charge in [0.2, 0.25) is 5.91 Å². The molecular weight excluding hydrogens is 293 g/mol. The van der Waals surface area contributed by atoms with Gasteiger partial charge in [-0.3, -0.25) is 4.79 Å². The average molecular weight is 313 g/mol. The average Bonchev–Trinajstić information content (AvgIpc) is 2.43. The van der Waals surface area contributed by atoms with Crippen molar-refractivity contribution >= 4 is 21.8 Å². The number of hydrogen-bond acceptors (Lipinski definition) is 3. The van der Waals surface area contributed by atoms with Crippen LogP contribution in [-0.2, 0) is 14.6 Å². The van der Waals surface area contributed by atoms with Gasteiger partial charge in [-0.2, -0.15) is 0 Å². The summed E-state index contributed by atoms with van der Waals surface area (Å²) < 4.78 is 36.1. The maximum Gasteiger partial charge on any atom is 0.246 e. The highest BCUT2D eigenvalue weighted by atomic mass is 32.2. The van der Waals surface area contributed by atoms with Crippen molar-refractivity contribution in [1.82, 2.24) is 4.90 Å². The van der Waals surface area contributed by atoms with Crippen LogP contribution in [0.2, 0.25) is 0 Å². The highest BCUT2D eigenvalue weighted by Gasteiger charge is 2.19. The van der Waals surface area contributed by atoms with E-state index in [0.29, 0.717) is 5.56 Å². The number of nitrogens with zero attached hydrogens (tertiary/aromatic N) is 1. The molecule has 0 heterocycles. The van der Waals surface area contributed by atoms with Crippen LogP contribution in [0, 0.1) is 5.82 Å². The van der Waals surface area contributed by atoms with Gasteiger partial charge in [0.1, 0.15) is 5.82 Å². The largest absolute Gasteiger partial charge is 0.338 e. The Morgan fingerprint density at radius 2 is 2.10 bits per heavy atom. The van der Waals surface area contributed by atoms with E-state index in [1.54, 1.807) is 33.0 Å². The molecule has 1 atom stereocenters. The Kier molecular flexibility index (Phi) is 6.08. The smallest absolute Gasteiger partial charge is 0.246 e. The number of halogens is 1. The van der Waals surface area contributed by atoms with Gasteiger partial charge >= 0.3 is 0 Å². The lowest BCUT2D eigenvalue weighted by molar-refractivity contribution is -0.126. The standard InChI is InChI=1S/C15H20FNO3S/c1-4-21(19,20)11-12(2)17(3)15(18)9-8-13-6-5-7-14(16)10-13/h5-10,12H,4,11H2,1-3H3. The van der Waals surface area contributed by atoms with Crippen LogP contribution in [0.25, 0.3) is 6.08 Å². The maximum atomic E-state index is 13.0. The van der Waals surface area contributed by atoms with Crippen LogP contribution in [0.3, 0.4) is 0 Å². The predicted molar refractivity (Wildman–Crippen MR) is 82.0 cm³/mol. The minimum Gasteiger partial charge on any atom is -0.338 e. The lowest BCUT2D eigenvalue weighted by Gasteiger charge is -2.23. The monoisotopic (exact) mass is 313 g/mol. The molecule has 1 rings (SSSR count). The summed E-state index contributed by atoms with van der Waals surface area (Å²) in [5.41, 5.74) is 0.575. The van der Waals surface area contributed by atoms with E-state index in [9.17, 15) is 17.6 Å². The molecule has 0 aliphatic rings. The van der Waals surface area contributed by atoms with Crippen molar-refractivity contribution in [2.45, 2.75) is 19.9 Å². The molecule has 0 aliphatic heterocycles. The predicted octanol–water partition coefficient (Wildman–Crippen LogP) is 2.12. The second kappa shape index (κ2) is 7.36. The Morgan fingerprint density at radius 1 is 1.43 bits per heavy atom. The summed E-state index contributed by atoms with van der Waals surface area (Å²) in [5.74, 6) is -0.712. The van der Waals surface area contributed by atoms with Crippen LogP contribution in [0.5, 0.6) is 0 Å². The van der Waals surface area contributed by atoms with Crippen LogP contribution in [0.4, 0.5) is 4.39 Å². The Morgan fingerprint density at radius 3 is 2.67 bits per heavy atom. The molecule has 0 bridgehead atoms. The highest BCUT2D eigenvalue weighted by molar-refractivity contribution is 7.91. The van der Waals surface area contributed by atoms with Gasteiger partial charge < -0.3 is 4.90 Å². The van der Waals surface area contributed by atoms with Crippen molar-refractivity contribution in [3.8, 4) is 0 Å². The Balaban J connectivity index is 2.70. The number of likely N-dealkylation sites (N-methyl/N-ethyl adjacent to an activating group) is 1. The van der Waals surface area contributed by atoms with Crippen molar-refractivity contribution in [3.05, 3.63) is 41.7 Å². The molecule has 1 amide bonds. The van der Waals surface area contributed by atoms with Crippen LogP contribution < -0.4 is 0 Å². The van der Waals surface area contributed by atoms with Crippen molar-refractivity contribution in [2.24, 2.45) is 0 Å². The minimum atomic E-state index is -3.14. The maximum absolute atomic E-state index is 13.0. The number of carbonyl (C=O) groups excluding carboxylic acids is 1. The van der Waals surface area contributed by atoms with Gasteiger partial charge in [0.15, 0.2) is 9.84 Å². The van der Waals surface area contributed by atoms with Gasteiger partial charge in [0, 0.05) is 24.9 Å². The fraction of sp³-hybridized carbons (Fsp3) is 0.400. The van der Waals surface area contributed by atoms with E-state index in [0.717, 1.165) is 0 Å². The Bertz CT molecular complexity index is 626. The summed E-state index contributed by atoms with van der Waals surface area (Å²) in [4.78, 5) is 13.3. The van der Waals surface area contributed by atoms with Crippen molar-refractivity contribution in [3.63, 3.8) is 0 Å². The number of sulfone groups is 1. The van der Waals surface area contributed by atoms with Gasteiger partial charge in [-0.1, -0.05) is 19.1 Å². The third-order valence-corrected chi connectivity index (χ3v) is 5.08. The first-order valence-corrected chi connectivity index (χ1v) is 8.48. The van der Waals surface area contributed by atoms with Gasteiger partial charge in [-0.25, -0.2) is 12.8 Å². The summed E-state index contributed by atoms with van der Waals surface area (Å²) in [6.07, 6.45) is 2.81. The molecule has 0 radical (unpaired) electrons. The van der Waals surface area contributed by atoms with Crippen LogP contribution >= 0.6 is 0 Å². The SMILES string of the molecule is CCS(=O)(=O)CC(C)N(C)C(=O)C=Cc1cccc(F)c1. The second-order valence-electron chi connectivity index (χ2n) is 4.89. The topological polar surface area (TPSA) is 54.5 Å². The fourth-order valence-electron chi connectivity index (χ4n) is 1.71. The lowest BCUT2D eigenvalue weighted by atomic mass is 10.2. The molecule has 116 valence electrons. The summed E-state index contributed by atoms with van der Waals surface area (Å²) in [7, 11) is -1.59. The molecule has 0 saturated heterocycles. The molecule has 6 heteroatoms. The quantitative estimate of drug-likeness (QED) is 0.756. The van der Waals surface area contributed by atoms with Crippen molar-refractivity contribution in [2.75, 3.05) is 18.6 Å². The second-order valence-corrected chi connectivity index (χ2v) is 7.28. The molecular formula is C15H20FNO3S. The minimum absolute atomic E-state index is 0.0541. The van der Waals surface area contributed by atoms with Crippen LogP contribution in [0.1, 0.15) is 19.4 Å². The molecule has 0 saturated carbocycles. The number of benzene rings is 1. The van der Waals surface area contributed by atoms with E-state index in [1.165, 1.54) is 29.2 Å². The summed E-state index contributed by atoms with van der Waals surface area (Å²) >= 11 is 0. The zero-order valence-corrected chi connectivity index (χ0v) is 13.2. The Labute approximate surface area is 125 Å². The van der Waals surface area contributed by atoms with Gasteiger partial charge in [0.05, 0.1) is 5.75 Å². The summed E-state index contributed by atoms with van der Waals surface area (Å²) in [6, 6.07) is 5.45. The number of hydrogen-bond donors (Lipinski definition) is 0. The van der Waals surface area contributed by atoms with Gasteiger partial charge in [-0.15, -0.1) is 0 Å². The number of amides is 1. The molecule has 1 unspecified atom stereocenters. The lowest BCUT2D eigenvalue weighted by Crippen LogP contribution is -2.38. The van der Waals surface area contributed by atoms with E-state index in [1.807, 2.05) is 0 Å². The Hall–Kier alpha value is -1.69. The molecule has 4 nitrogen and oxygen atoms in total. The van der Waals surface area contributed by atoms with E-state index < -0.39 is 15.9 Å². The third kappa shape index (κ3) is 5.67. The zero-order chi connectivity index (χ0) is 16.0. The van der Waals surface area contributed by atoms with Crippen LogP contribution in [-0.4, -0.2) is 43.8 Å². The first-order chi connectivity index (χ1) is 9.75. The normalized spacial score (nSPS) is 13.3. The van der Waals surface area contributed by atoms with E-state index in [4.69, 9.17) is 0 Å². The molecule has 21 heavy (non-hydrogen) atoms. The molecule has 0 aliphatic carbocycles.